The maximum atomic E-state index is 12.2. The number of ether oxygens (including phenoxy) is 4. The first-order chi connectivity index (χ1) is 16.8. The van der Waals surface area contributed by atoms with Crippen molar-refractivity contribution in [3.8, 4) is 0 Å². The summed E-state index contributed by atoms with van der Waals surface area (Å²) in [5, 5.41) is 0. The Hall–Kier alpha value is -1.76. The quantitative estimate of drug-likeness (QED) is 0.341. The van der Waals surface area contributed by atoms with E-state index >= 15 is 0 Å². The van der Waals surface area contributed by atoms with E-state index in [9.17, 15) is 9.59 Å². The molecule has 0 amide bonds. The molecule has 0 aliphatic carbocycles. The normalized spacial score (nSPS) is 27.8. The molecule has 0 radical (unpaired) electrons. The largest absolute Gasteiger partial charge is 0.469 e. The van der Waals surface area contributed by atoms with Crippen molar-refractivity contribution in [2.75, 3.05) is 7.11 Å². The molecule has 0 bridgehead atoms. The van der Waals surface area contributed by atoms with Gasteiger partial charge in [0.2, 0.25) is 0 Å². The Bertz CT molecular complexity index is 796. The molecule has 0 spiro atoms. The average molecular weight is 489 g/mol. The zero-order valence-electron chi connectivity index (χ0n) is 22.1. The number of ketones is 1. The van der Waals surface area contributed by atoms with Crippen molar-refractivity contribution in [3.05, 3.63) is 35.9 Å². The van der Waals surface area contributed by atoms with Crippen LogP contribution in [0.4, 0.5) is 0 Å². The maximum absolute atomic E-state index is 12.2. The molecule has 0 aromatic heterocycles. The minimum Gasteiger partial charge on any atom is -0.469 e. The zero-order chi connectivity index (χ0) is 25.4. The second kappa shape index (κ2) is 13.5. The summed E-state index contributed by atoms with van der Waals surface area (Å²) in [5.74, 6) is 0.0734. The van der Waals surface area contributed by atoms with Crippen LogP contribution in [-0.2, 0) is 35.1 Å². The van der Waals surface area contributed by atoms with Crippen LogP contribution in [0.25, 0.3) is 0 Å². The molecule has 35 heavy (non-hydrogen) atoms. The van der Waals surface area contributed by atoms with Crippen LogP contribution in [0.2, 0.25) is 0 Å². The van der Waals surface area contributed by atoms with Crippen molar-refractivity contribution in [1.82, 2.24) is 0 Å². The van der Waals surface area contributed by atoms with Gasteiger partial charge in [-0.25, -0.2) is 0 Å². The molecule has 8 atom stereocenters. The van der Waals surface area contributed by atoms with Gasteiger partial charge in [0.05, 0.1) is 50.2 Å². The van der Waals surface area contributed by atoms with Gasteiger partial charge in [0.1, 0.15) is 5.78 Å². The molecule has 0 saturated carbocycles. The van der Waals surface area contributed by atoms with Gasteiger partial charge in [0.15, 0.2) is 0 Å². The first-order valence-electron chi connectivity index (χ1n) is 13.4. The highest BCUT2D eigenvalue weighted by Gasteiger charge is 2.42. The Balaban J connectivity index is 1.66. The fraction of sp³-hybridized carbons (Fsp3) is 0.724. The number of Topliss-reactive ketones (excluding diaryl/α,β-unsaturated/α-hetero) is 1. The van der Waals surface area contributed by atoms with E-state index in [-0.39, 0.29) is 54.2 Å². The lowest BCUT2D eigenvalue weighted by Crippen LogP contribution is -2.41. The number of hydrogen-bond acceptors (Lipinski definition) is 6. The van der Waals surface area contributed by atoms with Gasteiger partial charge in [0, 0.05) is 24.7 Å². The second-order valence-corrected chi connectivity index (χ2v) is 10.4. The molecule has 6 nitrogen and oxygen atoms in total. The van der Waals surface area contributed by atoms with Crippen LogP contribution in [0, 0.1) is 17.8 Å². The summed E-state index contributed by atoms with van der Waals surface area (Å²) in [6.07, 6.45) is 5.51. The van der Waals surface area contributed by atoms with Crippen molar-refractivity contribution in [1.29, 1.82) is 0 Å². The van der Waals surface area contributed by atoms with Gasteiger partial charge in [-0.1, -0.05) is 51.1 Å². The van der Waals surface area contributed by atoms with Crippen LogP contribution in [-0.4, -0.2) is 49.4 Å². The lowest BCUT2D eigenvalue weighted by molar-refractivity contribution is -0.152. The Labute approximate surface area is 211 Å². The Kier molecular flexibility index (Phi) is 10.7. The fourth-order valence-electron chi connectivity index (χ4n) is 5.66. The van der Waals surface area contributed by atoms with E-state index in [2.05, 4.69) is 26.0 Å². The molecule has 196 valence electrons. The average Bonchev–Trinajstić information content (AvgIpc) is 3.54. The predicted octanol–water partition coefficient (Wildman–Crippen LogP) is 5.51. The molecular formula is C29H44O6. The van der Waals surface area contributed by atoms with Gasteiger partial charge >= 0.3 is 5.97 Å². The lowest BCUT2D eigenvalue weighted by Gasteiger charge is -2.36. The molecule has 2 aliphatic heterocycles. The lowest BCUT2D eigenvalue weighted by atomic mass is 9.84. The number of methoxy groups -OCH3 is 1. The molecule has 2 aliphatic rings. The van der Waals surface area contributed by atoms with E-state index in [1.165, 1.54) is 7.11 Å². The third-order valence-corrected chi connectivity index (χ3v) is 7.84. The van der Waals surface area contributed by atoms with Crippen LogP contribution >= 0.6 is 0 Å². The van der Waals surface area contributed by atoms with Gasteiger partial charge in [-0.3, -0.25) is 9.59 Å². The van der Waals surface area contributed by atoms with E-state index in [0.29, 0.717) is 25.2 Å². The van der Waals surface area contributed by atoms with Crippen molar-refractivity contribution in [3.63, 3.8) is 0 Å². The first-order valence-corrected chi connectivity index (χ1v) is 13.4. The van der Waals surface area contributed by atoms with E-state index < -0.39 is 0 Å². The molecule has 3 rings (SSSR count). The predicted molar refractivity (Wildman–Crippen MR) is 135 cm³/mol. The summed E-state index contributed by atoms with van der Waals surface area (Å²) in [4.78, 5) is 24.2. The van der Waals surface area contributed by atoms with Crippen LogP contribution in [0.15, 0.2) is 30.3 Å². The third kappa shape index (κ3) is 7.61. The van der Waals surface area contributed by atoms with Crippen molar-refractivity contribution in [2.24, 2.45) is 17.8 Å². The number of rotatable bonds is 13. The molecule has 2 fully saturated rings. The smallest absolute Gasteiger partial charge is 0.311 e. The summed E-state index contributed by atoms with van der Waals surface area (Å²) in [7, 11) is 1.42. The van der Waals surface area contributed by atoms with Gasteiger partial charge in [0.25, 0.3) is 0 Å². The third-order valence-electron chi connectivity index (χ3n) is 7.84. The van der Waals surface area contributed by atoms with E-state index in [0.717, 1.165) is 37.7 Å². The Morgan fingerprint density at radius 3 is 2.23 bits per heavy atom. The monoisotopic (exact) mass is 488 g/mol. The van der Waals surface area contributed by atoms with Crippen LogP contribution in [0.5, 0.6) is 0 Å². The zero-order valence-corrected chi connectivity index (χ0v) is 22.1. The maximum Gasteiger partial charge on any atom is 0.311 e. The summed E-state index contributed by atoms with van der Waals surface area (Å²) < 4.78 is 24.3. The number of hydrogen-bond donors (Lipinski definition) is 0. The Morgan fingerprint density at radius 2 is 1.57 bits per heavy atom. The van der Waals surface area contributed by atoms with Gasteiger partial charge in [-0.2, -0.15) is 0 Å². The van der Waals surface area contributed by atoms with Crippen LogP contribution in [0.3, 0.4) is 0 Å². The number of carbonyl (C=O) groups excluding carboxylic acids is 2. The summed E-state index contributed by atoms with van der Waals surface area (Å²) in [5.41, 5.74) is 1.14. The first kappa shape index (κ1) is 27.8. The van der Waals surface area contributed by atoms with E-state index in [4.69, 9.17) is 18.9 Å². The van der Waals surface area contributed by atoms with Gasteiger partial charge in [-0.05, 0) is 44.6 Å². The summed E-state index contributed by atoms with van der Waals surface area (Å²) in [6, 6.07) is 10.2. The molecule has 0 unspecified atom stereocenters. The molecule has 0 N–H and O–H groups in total. The molecule has 2 saturated heterocycles. The number of esters is 1. The number of carbonyl (C=O) groups is 2. The van der Waals surface area contributed by atoms with Crippen LogP contribution < -0.4 is 0 Å². The highest BCUT2D eigenvalue weighted by atomic mass is 16.5. The topological polar surface area (TPSA) is 71.1 Å². The SMILES string of the molecule is CCCC(=O)C[C@@H]1CC[C@H]([C@H](C)[C@H](OCc2ccccc2)[C@H](C)[C@@H]2CC[C@H]([C@@H](C)C(=O)OC)O2)O1. The minimum atomic E-state index is -0.280. The Morgan fingerprint density at radius 1 is 0.943 bits per heavy atom. The highest BCUT2D eigenvalue weighted by Crippen LogP contribution is 2.38. The van der Waals surface area contributed by atoms with Gasteiger partial charge in [-0.15, -0.1) is 0 Å². The van der Waals surface area contributed by atoms with Gasteiger partial charge < -0.3 is 18.9 Å². The summed E-state index contributed by atoms with van der Waals surface area (Å²) in [6.45, 7) is 8.84. The van der Waals surface area contributed by atoms with Crippen LogP contribution in [0.1, 0.15) is 78.2 Å². The standard InChI is InChI=1S/C29H44O6/c1-6-10-23(30)17-24-13-14-25(34-24)19(2)28(33-18-22-11-8-7-9-12-22)20(3)26-15-16-27(35-26)21(4)29(31)32-5/h7-9,11-12,19-21,24-28H,6,10,13-18H2,1-5H3/t19-,20+,21+,24-,25+,26-,27+,28-/m0/s1. The van der Waals surface area contributed by atoms with E-state index in [1.54, 1.807) is 0 Å². The molecule has 1 aromatic carbocycles. The molecule has 2 heterocycles. The van der Waals surface area contributed by atoms with Crippen molar-refractivity contribution < 1.29 is 28.5 Å². The van der Waals surface area contributed by atoms with Crippen molar-refractivity contribution >= 4 is 11.8 Å². The molecular weight excluding hydrogens is 444 g/mol. The fourth-order valence-corrected chi connectivity index (χ4v) is 5.66. The van der Waals surface area contributed by atoms with E-state index in [1.807, 2.05) is 32.0 Å². The minimum absolute atomic E-state index is 0.0126. The second-order valence-electron chi connectivity index (χ2n) is 10.4. The van der Waals surface area contributed by atoms with Crippen molar-refractivity contribution in [2.45, 2.75) is 110 Å². The molecule has 1 aromatic rings. The number of benzene rings is 1. The molecule has 6 heteroatoms. The highest BCUT2D eigenvalue weighted by molar-refractivity contribution is 5.78. The summed E-state index contributed by atoms with van der Waals surface area (Å²) >= 11 is 0.